The highest BCUT2D eigenvalue weighted by molar-refractivity contribution is 7.11. The van der Waals surface area contributed by atoms with Gasteiger partial charge in [0.25, 0.3) is 0 Å². The molecule has 1 aliphatic heterocycles. The van der Waals surface area contributed by atoms with Gasteiger partial charge in [-0.15, -0.1) is 11.3 Å². The largest absolute Gasteiger partial charge is 0.355 e. The maximum absolute atomic E-state index is 12.1. The Morgan fingerprint density at radius 2 is 2.19 bits per heavy atom. The monoisotopic (exact) mass is 309 g/mol. The molecule has 2 rings (SSSR count). The Kier molecular flexibility index (Phi) is 4.98. The molecule has 1 aromatic heterocycles. The number of likely N-dealkylation sites (tertiary alicyclic amines) is 1. The molecule has 0 spiro atoms. The Labute approximate surface area is 129 Å². The summed E-state index contributed by atoms with van der Waals surface area (Å²) in [6.45, 7) is 9.13. The van der Waals surface area contributed by atoms with Crippen LogP contribution >= 0.6 is 11.3 Å². The van der Waals surface area contributed by atoms with Gasteiger partial charge in [0.1, 0.15) is 0 Å². The van der Waals surface area contributed by atoms with E-state index in [0.717, 1.165) is 17.1 Å². The highest BCUT2D eigenvalue weighted by Gasteiger charge is 2.35. The normalized spacial score (nSPS) is 18.6. The van der Waals surface area contributed by atoms with E-state index in [9.17, 15) is 9.59 Å². The summed E-state index contributed by atoms with van der Waals surface area (Å²) in [6.07, 6.45) is 1.08. The van der Waals surface area contributed by atoms with Crippen LogP contribution in [0.1, 0.15) is 35.8 Å². The molecule has 0 aliphatic carbocycles. The molecule has 0 bridgehead atoms. The number of amides is 2. The summed E-state index contributed by atoms with van der Waals surface area (Å²) in [7, 11) is 0. The van der Waals surface area contributed by atoms with E-state index in [1.165, 1.54) is 4.88 Å². The Hall–Kier alpha value is -1.43. The Bertz CT molecular complexity index is 520. The Morgan fingerprint density at radius 3 is 2.71 bits per heavy atom. The molecule has 2 heterocycles. The topological polar surface area (TPSA) is 62.3 Å². The van der Waals surface area contributed by atoms with Gasteiger partial charge in [-0.05, 0) is 27.7 Å². The SMILES string of the molecule is Cc1nc(CCNC(=O)[C@H]2CC(=O)N(C(C)C)C2)sc1C. The first-order chi connectivity index (χ1) is 9.88. The third-order valence-electron chi connectivity index (χ3n) is 3.86. The zero-order valence-corrected chi connectivity index (χ0v) is 13.9. The molecule has 2 amide bonds. The average molecular weight is 309 g/mol. The van der Waals surface area contributed by atoms with Crippen molar-refractivity contribution < 1.29 is 9.59 Å². The summed E-state index contributed by atoms with van der Waals surface area (Å²) in [5, 5.41) is 3.98. The number of carbonyl (C=O) groups excluding carboxylic acids is 2. The highest BCUT2D eigenvalue weighted by atomic mass is 32.1. The molecule has 0 radical (unpaired) electrons. The molecule has 0 unspecified atom stereocenters. The van der Waals surface area contributed by atoms with Crippen LogP contribution in [-0.4, -0.2) is 40.8 Å². The van der Waals surface area contributed by atoms with E-state index in [1.807, 2.05) is 20.8 Å². The van der Waals surface area contributed by atoms with E-state index in [-0.39, 0.29) is 23.8 Å². The molecule has 6 heteroatoms. The van der Waals surface area contributed by atoms with E-state index < -0.39 is 0 Å². The first-order valence-electron chi connectivity index (χ1n) is 7.38. The second-order valence-corrected chi connectivity index (χ2v) is 7.12. The zero-order valence-electron chi connectivity index (χ0n) is 13.1. The van der Waals surface area contributed by atoms with Gasteiger partial charge >= 0.3 is 0 Å². The molecular formula is C15H23N3O2S. The lowest BCUT2D eigenvalue weighted by molar-refractivity contribution is -0.129. The Morgan fingerprint density at radius 1 is 1.48 bits per heavy atom. The number of nitrogens with zero attached hydrogens (tertiary/aromatic N) is 2. The summed E-state index contributed by atoms with van der Waals surface area (Å²) < 4.78 is 0. The maximum atomic E-state index is 12.1. The van der Waals surface area contributed by atoms with Crippen molar-refractivity contribution in [2.75, 3.05) is 13.1 Å². The molecule has 116 valence electrons. The van der Waals surface area contributed by atoms with Gasteiger partial charge in [-0.1, -0.05) is 0 Å². The van der Waals surface area contributed by atoms with Crippen LogP contribution in [0.5, 0.6) is 0 Å². The second kappa shape index (κ2) is 6.56. The number of nitrogens with one attached hydrogen (secondary N) is 1. The molecule has 1 saturated heterocycles. The molecule has 5 nitrogen and oxygen atoms in total. The van der Waals surface area contributed by atoms with E-state index >= 15 is 0 Å². The maximum Gasteiger partial charge on any atom is 0.225 e. The van der Waals surface area contributed by atoms with Gasteiger partial charge < -0.3 is 10.2 Å². The van der Waals surface area contributed by atoms with Crippen molar-refractivity contribution in [2.45, 2.75) is 46.6 Å². The third-order valence-corrected chi connectivity index (χ3v) is 5.00. The smallest absolute Gasteiger partial charge is 0.225 e. The fraction of sp³-hybridized carbons (Fsp3) is 0.667. The van der Waals surface area contributed by atoms with Crippen LogP contribution in [-0.2, 0) is 16.0 Å². The van der Waals surface area contributed by atoms with E-state index in [1.54, 1.807) is 16.2 Å². The van der Waals surface area contributed by atoms with E-state index in [4.69, 9.17) is 0 Å². The lowest BCUT2D eigenvalue weighted by Crippen LogP contribution is -2.36. The lowest BCUT2D eigenvalue weighted by atomic mass is 10.1. The van der Waals surface area contributed by atoms with Crippen LogP contribution in [0.25, 0.3) is 0 Å². The van der Waals surface area contributed by atoms with Crippen LogP contribution in [0.4, 0.5) is 0 Å². The molecule has 0 aromatic carbocycles. The minimum atomic E-state index is -0.209. The summed E-state index contributed by atoms with van der Waals surface area (Å²) in [5.74, 6) is -0.146. The van der Waals surface area contributed by atoms with Gasteiger partial charge in [0.2, 0.25) is 11.8 Å². The van der Waals surface area contributed by atoms with Gasteiger partial charge in [0.05, 0.1) is 16.6 Å². The molecule has 21 heavy (non-hydrogen) atoms. The fourth-order valence-electron chi connectivity index (χ4n) is 2.49. The van der Waals surface area contributed by atoms with E-state index in [0.29, 0.717) is 19.5 Å². The zero-order chi connectivity index (χ0) is 15.6. The minimum Gasteiger partial charge on any atom is -0.355 e. The van der Waals surface area contributed by atoms with Crippen molar-refractivity contribution in [3.8, 4) is 0 Å². The predicted molar refractivity (Wildman–Crippen MR) is 83.3 cm³/mol. The second-order valence-electron chi connectivity index (χ2n) is 5.83. The average Bonchev–Trinajstić information content (AvgIpc) is 2.93. The van der Waals surface area contributed by atoms with Crippen molar-refractivity contribution >= 4 is 23.2 Å². The van der Waals surface area contributed by atoms with Gasteiger partial charge in [-0.3, -0.25) is 9.59 Å². The quantitative estimate of drug-likeness (QED) is 0.900. The summed E-state index contributed by atoms with van der Waals surface area (Å²) in [6, 6.07) is 0.163. The third kappa shape index (κ3) is 3.81. The molecule has 1 aromatic rings. The van der Waals surface area contributed by atoms with Crippen molar-refractivity contribution in [2.24, 2.45) is 5.92 Å². The molecular weight excluding hydrogens is 286 g/mol. The number of aromatic nitrogens is 1. The van der Waals surface area contributed by atoms with Crippen LogP contribution in [0.2, 0.25) is 0 Å². The standard InChI is InChI=1S/C15H23N3O2S/c1-9(2)18-8-12(7-14(18)19)15(20)16-6-5-13-17-10(3)11(4)21-13/h9,12H,5-8H2,1-4H3,(H,16,20)/t12-/m0/s1. The van der Waals surface area contributed by atoms with E-state index in [2.05, 4.69) is 17.2 Å². The summed E-state index contributed by atoms with van der Waals surface area (Å²) in [4.78, 5) is 31.4. The number of rotatable bonds is 5. The fourth-order valence-corrected chi connectivity index (χ4v) is 3.42. The summed E-state index contributed by atoms with van der Waals surface area (Å²) >= 11 is 1.68. The molecule has 1 atom stereocenters. The van der Waals surface area contributed by atoms with Crippen LogP contribution < -0.4 is 5.32 Å². The van der Waals surface area contributed by atoms with Crippen LogP contribution in [0, 0.1) is 19.8 Å². The van der Waals surface area contributed by atoms with Crippen molar-refractivity contribution in [3.63, 3.8) is 0 Å². The number of hydrogen-bond donors (Lipinski definition) is 1. The van der Waals surface area contributed by atoms with Crippen LogP contribution in [0.3, 0.4) is 0 Å². The summed E-state index contributed by atoms with van der Waals surface area (Å²) in [5.41, 5.74) is 1.07. The number of aryl methyl sites for hydroxylation is 2. The molecule has 1 N–H and O–H groups in total. The van der Waals surface area contributed by atoms with Gasteiger partial charge in [0, 0.05) is 36.9 Å². The van der Waals surface area contributed by atoms with Gasteiger partial charge in [-0.2, -0.15) is 0 Å². The van der Waals surface area contributed by atoms with Crippen LogP contribution in [0.15, 0.2) is 0 Å². The van der Waals surface area contributed by atoms with Crippen molar-refractivity contribution in [3.05, 3.63) is 15.6 Å². The first kappa shape index (κ1) is 15.9. The molecule has 1 aliphatic rings. The molecule has 0 saturated carbocycles. The van der Waals surface area contributed by atoms with Gasteiger partial charge in [0.15, 0.2) is 0 Å². The molecule has 1 fully saturated rings. The van der Waals surface area contributed by atoms with Crippen molar-refractivity contribution in [1.82, 2.24) is 15.2 Å². The highest BCUT2D eigenvalue weighted by Crippen LogP contribution is 2.20. The number of carbonyl (C=O) groups is 2. The lowest BCUT2D eigenvalue weighted by Gasteiger charge is -2.20. The number of thiazole rings is 1. The minimum absolute atomic E-state index is 0.0171. The predicted octanol–water partition coefficient (Wildman–Crippen LogP) is 1.68. The Balaban J connectivity index is 1.79. The van der Waals surface area contributed by atoms with Gasteiger partial charge in [-0.25, -0.2) is 4.98 Å². The number of hydrogen-bond acceptors (Lipinski definition) is 4. The first-order valence-corrected chi connectivity index (χ1v) is 8.20. The van der Waals surface area contributed by atoms with Crippen molar-refractivity contribution in [1.29, 1.82) is 0 Å².